The van der Waals surface area contributed by atoms with Gasteiger partial charge in [0.1, 0.15) is 0 Å². The second-order valence-electron chi connectivity index (χ2n) is 4.27. The molecule has 1 amide bonds. The van der Waals surface area contributed by atoms with E-state index in [9.17, 15) is 4.79 Å². The summed E-state index contributed by atoms with van der Waals surface area (Å²) in [6.45, 7) is 2.12. The van der Waals surface area contributed by atoms with Crippen LogP contribution in [0.5, 0.6) is 0 Å². The molecule has 0 spiro atoms. The van der Waals surface area contributed by atoms with Crippen molar-refractivity contribution in [3.05, 3.63) is 35.9 Å². The molecule has 14 heavy (non-hydrogen) atoms. The van der Waals surface area contributed by atoms with Gasteiger partial charge in [0.15, 0.2) is 0 Å². The zero-order valence-electron chi connectivity index (χ0n) is 8.42. The third-order valence-electron chi connectivity index (χ3n) is 2.78. The Kier molecular flexibility index (Phi) is 2.28. The lowest BCUT2D eigenvalue weighted by molar-refractivity contribution is -0.119. The highest BCUT2D eigenvalue weighted by Crippen LogP contribution is 2.23. The Labute approximate surface area is 84.3 Å². The van der Waals surface area contributed by atoms with Crippen LogP contribution in [0.2, 0.25) is 0 Å². The van der Waals surface area contributed by atoms with Crippen molar-refractivity contribution in [2.45, 2.75) is 31.7 Å². The fraction of sp³-hybridized carbons (Fsp3) is 0.417. The summed E-state index contributed by atoms with van der Waals surface area (Å²) in [7, 11) is 0. The summed E-state index contributed by atoms with van der Waals surface area (Å²) in [5, 5.41) is 3.04. The minimum absolute atomic E-state index is 0.0293. The van der Waals surface area contributed by atoms with Crippen LogP contribution >= 0.6 is 0 Å². The summed E-state index contributed by atoms with van der Waals surface area (Å²) in [5.74, 6) is 0.184. The van der Waals surface area contributed by atoms with E-state index in [1.54, 1.807) is 0 Å². The van der Waals surface area contributed by atoms with E-state index in [0.717, 1.165) is 12.8 Å². The Balaban J connectivity index is 2.08. The highest BCUT2D eigenvalue weighted by atomic mass is 16.2. The molecule has 1 fully saturated rings. The van der Waals surface area contributed by atoms with E-state index in [0.29, 0.717) is 6.42 Å². The molecule has 0 aliphatic carbocycles. The number of nitrogens with one attached hydrogen (secondary N) is 1. The van der Waals surface area contributed by atoms with Gasteiger partial charge >= 0.3 is 0 Å². The molecule has 0 bridgehead atoms. The van der Waals surface area contributed by atoms with Crippen molar-refractivity contribution < 1.29 is 4.79 Å². The average molecular weight is 189 g/mol. The van der Waals surface area contributed by atoms with Crippen molar-refractivity contribution >= 4 is 5.91 Å². The molecule has 2 nitrogen and oxygen atoms in total. The van der Waals surface area contributed by atoms with Crippen LogP contribution in [0.1, 0.15) is 25.3 Å². The van der Waals surface area contributed by atoms with Gasteiger partial charge in [-0.15, -0.1) is 0 Å². The molecule has 1 aliphatic rings. The number of carbonyl (C=O) groups is 1. The molecule has 1 aromatic rings. The van der Waals surface area contributed by atoms with E-state index in [-0.39, 0.29) is 11.4 Å². The zero-order chi connectivity index (χ0) is 10.0. The number of hydrogen-bond acceptors (Lipinski definition) is 1. The third-order valence-corrected chi connectivity index (χ3v) is 2.78. The van der Waals surface area contributed by atoms with Crippen LogP contribution < -0.4 is 5.32 Å². The third kappa shape index (κ3) is 1.95. The summed E-state index contributed by atoms with van der Waals surface area (Å²) in [5.41, 5.74) is 1.26. The molecular formula is C12H15NO. The summed E-state index contributed by atoms with van der Waals surface area (Å²) >= 11 is 0. The molecule has 2 rings (SSSR count). The van der Waals surface area contributed by atoms with Crippen LogP contribution in [0.4, 0.5) is 0 Å². The lowest BCUT2D eigenvalue weighted by Crippen LogP contribution is -2.40. The van der Waals surface area contributed by atoms with Crippen LogP contribution in [0, 0.1) is 0 Å². The molecule has 0 saturated carbocycles. The van der Waals surface area contributed by atoms with Crippen molar-refractivity contribution in [1.29, 1.82) is 0 Å². The zero-order valence-corrected chi connectivity index (χ0v) is 8.42. The van der Waals surface area contributed by atoms with Gasteiger partial charge in [-0.05, 0) is 25.3 Å². The predicted molar refractivity (Wildman–Crippen MR) is 55.9 cm³/mol. The van der Waals surface area contributed by atoms with Crippen molar-refractivity contribution in [3.63, 3.8) is 0 Å². The van der Waals surface area contributed by atoms with E-state index in [1.807, 2.05) is 18.2 Å². The largest absolute Gasteiger partial charge is 0.351 e. The van der Waals surface area contributed by atoms with Crippen molar-refractivity contribution in [3.8, 4) is 0 Å². The molecule has 0 radical (unpaired) electrons. The first kappa shape index (κ1) is 9.25. The first-order chi connectivity index (χ1) is 6.68. The topological polar surface area (TPSA) is 29.1 Å². The van der Waals surface area contributed by atoms with Gasteiger partial charge < -0.3 is 5.32 Å². The summed E-state index contributed by atoms with van der Waals surface area (Å²) in [6, 6.07) is 10.3. The van der Waals surface area contributed by atoms with Crippen LogP contribution in [-0.4, -0.2) is 11.4 Å². The Morgan fingerprint density at radius 3 is 2.64 bits per heavy atom. The number of benzene rings is 1. The lowest BCUT2D eigenvalue weighted by atomic mass is 9.91. The van der Waals surface area contributed by atoms with Crippen LogP contribution in [0.15, 0.2) is 30.3 Å². The first-order valence-electron chi connectivity index (χ1n) is 5.03. The Hall–Kier alpha value is -1.31. The molecule has 2 heteroatoms. The Morgan fingerprint density at radius 1 is 1.36 bits per heavy atom. The Bertz CT molecular complexity index is 333. The molecule has 1 aliphatic heterocycles. The van der Waals surface area contributed by atoms with E-state index in [4.69, 9.17) is 0 Å². The number of rotatable bonds is 2. The highest BCUT2D eigenvalue weighted by molar-refractivity contribution is 5.79. The molecule has 1 saturated heterocycles. The summed E-state index contributed by atoms with van der Waals surface area (Å²) in [6.07, 6.45) is 2.55. The van der Waals surface area contributed by atoms with Gasteiger partial charge in [0, 0.05) is 12.0 Å². The van der Waals surface area contributed by atoms with Crippen LogP contribution in [-0.2, 0) is 11.2 Å². The molecule has 1 aromatic carbocycles. The maximum absolute atomic E-state index is 11.1. The average Bonchev–Trinajstić information content (AvgIpc) is 2.47. The molecule has 1 heterocycles. The van der Waals surface area contributed by atoms with Gasteiger partial charge in [0.2, 0.25) is 5.91 Å². The van der Waals surface area contributed by atoms with E-state index in [1.165, 1.54) is 5.56 Å². The second kappa shape index (κ2) is 3.45. The Morgan fingerprint density at radius 2 is 2.07 bits per heavy atom. The van der Waals surface area contributed by atoms with Gasteiger partial charge in [0.05, 0.1) is 0 Å². The van der Waals surface area contributed by atoms with Crippen molar-refractivity contribution in [1.82, 2.24) is 5.32 Å². The first-order valence-corrected chi connectivity index (χ1v) is 5.03. The minimum Gasteiger partial charge on any atom is -0.351 e. The summed E-state index contributed by atoms with van der Waals surface area (Å²) in [4.78, 5) is 11.1. The van der Waals surface area contributed by atoms with Gasteiger partial charge in [-0.25, -0.2) is 0 Å². The molecule has 1 N–H and O–H groups in total. The lowest BCUT2D eigenvalue weighted by Gasteiger charge is -2.23. The number of amides is 1. The quantitative estimate of drug-likeness (QED) is 0.756. The van der Waals surface area contributed by atoms with Crippen molar-refractivity contribution in [2.24, 2.45) is 0 Å². The van der Waals surface area contributed by atoms with Gasteiger partial charge in [-0.3, -0.25) is 4.79 Å². The highest BCUT2D eigenvalue weighted by Gasteiger charge is 2.32. The smallest absolute Gasteiger partial charge is 0.220 e. The van der Waals surface area contributed by atoms with E-state index in [2.05, 4.69) is 24.4 Å². The molecule has 1 unspecified atom stereocenters. The van der Waals surface area contributed by atoms with Gasteiger partial charge in [-0.1, -0.05) is 30.3 Å². The van der Waals surface area contributed by atoms with E-state index >= 15 is 0 Å². The standard InChI is InChI=1S/C12H15NO/c1-12(8-7-11(14)13-12)9-10-5-3-2-4-6-10/h2-6H,7-9H2,1H3,(H,13,14). The predicted octanol–water partition coefficient (Wildman–Crippen LogP) is 1.90. The number of carbonyl (C=O) groups excluding carboxylic acids is 1. The van der Waals surface area contributed by atoms with Crippen molar-refractivity contribution in [2.75, 3.05) is 0 Å². The van der Waals surface area contributed by atoms with Gasteiger partial charge in [-0.2, -0.15) is 0 Å². The van der Waals surface area contributed by atoms with Crippen LogP contribution in [0.25, 0.3) is 0 Å². The fourth-order valence-corrected chi connectivity index (χ4v) is 2.03. The van der Waals surface area contributed by atoms with E-state index < -0.39 is 0 Å². The normalized spacial score (nSPS) is 26.2. The molecule has 0 aromatic heterocycles. The second-order valence-corrected chi connectivity index (χ2v) is 4.27. The van der Waals surface area contributed by atoms with Crippen LogP contribution in [0.3, 0.4) is 0 Å². The maximum atomic E-state index is 11.1. The molecule has 1 atom stereocenters. The fourth-order valence-electron chi connectivity index (χ4n) is 2.03. The minimum atomic E-state index is -0.0293. The van der Waals surface area contributed by atoms with Gasteiger partial charge in [0.25, 0.3) is 0 Å². The number of hydrogen-bond donors (Lipinski definition) is 1. The SMILES string of the molecule is CC1(Cc2ccccc2)CCC(=O)N1. The molecular weight excluding hydrogens is 174 g/mol. The maximum Gasteiger partial charge on any atom is 0.220 e. The monoisotopic (exact) mass is 189 g/mol. The molecule has 74 valence electrons. The summed E-state index contributed by atoms with van der Waals surface area (Å²) < 4.78 is 0.